The summed E-state index contributed by atoms with van der Waals surface area (Å²) in [6, 6.07) is 14.9. The van der Waals surface area contributed by atoms with Crippen LogP contribution in [0, 0.1) is 0 Å². The van der Waals surface area contributed by atoms with E-state index in [1.54, 1.807) is 23.3 Å². The van der Waals surface area contributed by atoms with Crippen molar-refractivity contribution in [2.75, 3.05) is 5.32 Å². The van der Waals surface area contributed by atoms with Crippen LogP contribution in [0.3, 0.4) is 0 Å². The lowest BCUT2D eigenvalue weighted by molar-refractivity contribution is 0.251. The van der Waals surface area contributed by atoms with E-state index in [9.17, 15) is 4.79 Å². The van der Waals surface area contributed by atoms with E-state index in [0.717, 1.165) is 16.8 Å². The number of hydrogen-bond acceptors (Lipinski definition) is 4. The normalized spacial score (nSPS) is 10.6. The van der Waals surface area contributed by atoms with Crippen LogP contribution in [0.15, 0.2) is 79.5 Å². The quantitative estimate of drug-likeness (QED) is 0.544. The third kappa shape index (κ3) is 4.42. The number of aromatic nitrogens is 5. The monoisotopic (exact) mass is 373 g/mol. The molecule has 0 saturated heterocycles. The zero-order valence-corrected chi connectivity index (χ0v) is 15.1. The first-order valence-corrected chi connectivity index (χ1v) is 8.82. The van der Waals surface area contributed by atoms with Crippen molar-refractivity contribution in [2.24, 2.45) is 0 Å². The maximum Gasteiger partial charge on any atom is 0.319 e. The highest BCUT2D eigenvalue weighted by molar-refractivity contribution is 5.89. The lowest BCUT2D eigenvalue weighted by Crippen LogP contribution is -2.28. The molecule has 0 aliphatic heterocycles. The molecule has 140 valence electrons. The smallest absolute Gasteiger partial charge is 0.319 e. The number of amides is 2. The maximum absolute atomic E-state index is 12.2. The highest BCUT2D eigenvalue weighted by atomic mass is 16.2. The van der Waals surface area contributed by atoms with Crippen molar-refractivity contribution in [1.29, 1.82) is 0 Å². The molecule has 0 atom stereocenters. The van der Waals surface area contributed by atoms with E-state index < -0.39 is 0 Å². The fourth-order valence-electron chi connectivity index (χ4n) is 2.73. The largest absolute Gasteiger partial charge is 0.334 e. The Morgan fingerprint density at radius 3 is 2.50 bits per heavy atom. The third-order valence-electron chi connectivity index (χ3n) is 4.12. The second-order valence-corrected chi connectivity index (χ2v) is 6.18. The van der Waals surface area contributed by atoms with Crippen molar-refractivity contribution in [1.82, 2.24) is 29.9 Å². The van der Waals surface area contributed by atoms with Gasteiger partial charge in [-0.1, -0.05) is 12.1 Å². The van der Waals surface area contributed by atoms with Gasteiger partial charge in [0, 0.05) is 43.2 Å². The first kappa shape index (κ1) is 17.5. The number of anilines is 1. The van der Waals surface area contributed by atoms with Gasteiger partial charge in [0.1, 0.15) is 0 Å². The summed E-state index contributed by atoms with van der Waals surface area (Å²) in [5.74, 6) is 0.706. The molecule has 4 aromatic rings. The lowest BCUT2D eigenvalue weighted by atomic mass is 10.2. The van der Waals surface area contributed by atoms with Gasteiger partial charge in [-0.15, -0.1) is 0 Å². The minimum absolute atomic E-state index is 0.266. The summed E-state index contributed by atoms with van der Waals surface area (Å²) in [6.07, 6.45) is 8.88. The number of urea groups is 1. The Morgan fingerprint density at radius 1 is 0.929 bits per heavy atom. The highest BCUT2D eigenvalue weighted by Gasteiger charge is 2.04. The summed E-state index contributed by atoms with van der Waals surface area (Å²) in [5, 5.41) is 14.0. The van der Waals surface area contributed by atoms with Crippen molar-refractivity contribution in [3.05, 3.63) is 90.6 Å². The predicted molar refractivity (Wildman–Crippen MR) is 105 cm³/mol. The zero-order chi connectivity index (χ0) is 19.2. The van der Waals surface area contributed by atoms with E-state index in [-0.39, 0.29) is 6.03 Å². The van der Waals surface area contributed by atoms with Gasteiger partial charge in [0.25, 0.3) is 0 Å². The van der Waals surface area contributed by atoms with Gasteiger partial charge in [0.15, 0.2) is 5.82 Å². The molecule has 8 nitrogen and oxygen atoms in total. The van der Waals surface area contributed by atoms with Crippen LogP contribution in [0.5, 0.6) is 0 Å². The molecule has 0 aliphatic rings. The van der Waals surface area contributed by atoms with Crippen molar-refractivity contribution < 1.29 is 4.79 Å². The first-order valence-electron chi connectivity index (χ1n) is 8.82. The van der Waals surface area contributed by atoms with Gasteiger partial charge in [0.2, 0.25) is 0 Å². The average Bonchev–Trinajstić information content (AvgIpc) is 3.42. The van der Waals surface area contributed by atoms with Gasteiger partial charge in [-0.3, -0.25) is 4.68 Å². The first-order chi connectivity index (χ1) is 13.8. The number of pyridine rings is 1. The number of carbonyl (C=O) groups is 1. The summed E-state index contributed by atoms with van der Waals surface area (Å²) in [5.41, 5.74) is 2.77. The number of rotatable bonds is 6. The Morgan fingerprint density at radius 2 is 1.75 bits per heavy atom. The average molecular weight is 373 g/mol. The predicted octanol–water partition coefficient (Wildman–Crippen LogP) is 2.83. The molecule has 0 fully saturated rings. The van der Waals surface area contributed by atoms with Crippen molar-refractivity contribution >= 4 is 11.7 Å². The van der Waals surface area contributed by atoms with Gasteiger partial charge >= 0.3 is 6.03 Å². The summed E-state index contributed by atoms with van der Waals surface area (Å²) >= 11 is 0. The van der Waals surface area contributed by atoms with E-state index in [1.165, 1.54) is 0 Å². The van der Waals surface area contributed by atoms with Crippen LogP contribution in [0.2, 0.25) is 0 Å². The molecule has 0 bridgehead atoms. The van der Waals surface area contributed by atoms with Crippen LogP contribution in [-0.4, -0.2) is 30.6 Å². The number of carbonyl (C=O) groups excluding carboxylic acids is 1. The summed E-state index contributed by atoms with van der Waals surface area (Å²) in [7, 11) is 0. The highest BCUT2D eigenvalue weighted by Crippen LogP contribution is 2.11. The van der Waals surface area contributed by atoms with Crippen molar-refractivity contribution in [2.45, 2.75) is 13.1 Å². The molecule has 0 saturated carbocycles. The van der Waals surface area contributed by atoms with Gasteiger partial charge in [-0.2, -0.15) is 10.2 Å². The summed E-state index contributed by atoms with van der Waals surface area (Å²) in [6.45, 7) is 1.08. The van der Waals surface area contributed by atoms with Gasteiger partial charge < -0.3 is 10.6 Å². The maximum atomic E-state index is 12.2. The van der Waals surface area contributed by atoms with Crippen LogP contribution >= 0.6 is 0 Å². The van der Waals surface area contributed by atoms with E-state index in [4.69, 9.17) is 0 Å². The fourth-order valence-corrected chi connectivity index (χ4v) is 2.73. The molecular weight excluding hydrogens is 354 g/mol. The molecule has 0 radical (unpaired) electrons. The van der Waals surface area contributed by atoms with Crippen LogP contribution in [0.1, 0.15) is 11.1 Å². The second kappa shape index (κ2) is 8.17. The van der Waals surface area contributed by atoms with Crippen molar-refractivity contribution in [3.63, 3.8) is 0 Å². The molecule has 3 aromatic heterocycles. The lowest BCUT2D eigenvalue weighted by Gasteiger charge is -2.09. The van der Waals surface area contributed by atoms with E-state index >= 15 is 0 Å². The standard InChI is InChI=1S/C20H19N7O/c28-20(22-14-17-7-10-21-19(13-17)27-12-2-9-24-27)25-18-5-3-16(4-6-18)15-26-11-1-8-23-26/h1-13H,14-15H2,(H2,22,25,28). The van der Waals surface area contributed by atoms with Crippen LogP contribution in [0.25, 0.3) is 5.82 Å². The Kier molecular flexibility index (Phi) is 5.10. The van der Waals surface area contributed by atoms with Gasteiger partial charge in [-0.25, -0.2) is 14.5 Å². The molecule has 0 spiro atoms. The molecule has 2 N–H and O–H groups in total. The Balaban J connectivity index is 1.30. The fraction of sp³-hybridized carbons (Fsp3) is 0.100. The van der Waals surface area contributed by atoms with E-state index in [2.05, 4.69) is 25.8 Å². The zero-order valence-electron chi connectivity index (χ0n) is 15.1. The molecule has 2 amide bonds. The van der Waals surface area contributed by atoms with Crippen molar-refractivity contribution in [3.8, 4) is 5.82 Å². The van der Waals surface area contributed by atoms with E-state index in [1.807, 2.05) is 65.6 Å². The third-order valence-corrected chi connectivity index (χ3v) is 4.12. The Bertz CT molecular complexity index is 1020. The molecule has 28 heavy (non-hydrogen) atoms. The molecule has 3 heterocycles. The molecule has 0 unspecified atom stereocenters. The SMILES string of the molecule is O=C(NCc1ccnc(-n2cccn2)c1)Nc1ccc(Cn2cccn2)cc1. The van der Waals surface area contributed by atoms with Gasteiger partial charge in [-0.05, 0) is 47.5 Å². The number of hydrogen-bond donors (Lipinski definition) is 2. The van der Waals surface area contributed by atoms with Crippen LogP contribution < -0.4 is 10.6 Å². The number of nitrogens with one attached hydrogen (secondary N) is 2. The second-order valence-electron chi connectivity index (χ2n) is 6.18. The molecule has 4 rings (SSSR count). The van der Waals surface area contributed by atoms with Crippen LogP contribution in [-0.2, 0) is 13.1 Å². The van der Waals surface area contributed by atoms with Gasteiger partial charge in [0.05, 0.1) is 6.54 Å². The van der Waals surface area contributed by atoms with E-state index in [0.29, 0.717) is 18.9 Å². The minimum Gasteiger partial charge on any atom is -0.334 e. The summed E-state index contributed by atoms with van der Waals surface area (Å²) in [4.78, 5) is 16.4. The van der Waals surface area contributed by atoms with Crippen LogP contribution in [0.4, 0.5) is 10.5 Å². The molecular formula is C20H19N7O. The minimum atomic E-state index is -0.266. The number of benzene rings is 1. The Hall–Kier alpha value is -3.94. The molecule has 1 aromatic carbocycles. The summed E-state index contributed by atoms with van der Waals surface area (Å²) < 4.78 is 3.52. The Labute approximate surface area is 161 Å². The topological polar surface area (TPSA) is 89.7 Å². The molecule has 8 heteroatoms. The number of nitrogens with zero attached hydrogens (tertiary/aromatic N) is 5. The molecule has 0 aliphatic carbocycles.